The van der Waals surface area contributed by atoms with E-state index in [1.165, 1.54) is 7.11 Å². The second kappa shape index (κ2) is 9.32. The number of likely N-dealkylation sites (N-methyl/N-ethyl adjacent to an activating group) is 1. The molecule has 0 amide bonds. The van der Waals surface area contributed by atoms with Crippen molar-refractivity contribution >= 4 is 5.97 Å². The molecular weight excluding hydrogens is 258 g/mol. The van der Waals surface area contributed by atoms with E-state index >= 15 is 0 Å². The lowest BCUT2D eigenvalue weighted by atomic mass is 9.80. The van der Waals surface area contributed by atoms with Gasteiger partial charge < -0.3 is 19.5 Å². The van der Waals surface area contributed by atoms with Gasteiger partial charge in [0.1, 0.15) is 5.54 Å². The monoisotopic (exact) mass is 287 g/mol. The van der Waals surface area contributed by atoms with Gasteiger partial charge in [0.2, 0.25) is 0 Å². The quantitative estimate of drug-likeness (QED) is 0.518. The predicted octanol–water partition coefficient (Wildman–Crippen LogP) is 1.89. The molecule has 20 heavy (non-hydrogen) atoms. The maximum atomic E-state index is 12.1. The molecule has 0 aliphatic heterocycles. The lowest BCUT2D eigenvalue weighted by molar-refractivity contribution is -0.153. The largest absolute Gasteiger partial charge is 0.468 e. The highest BCUT2D eigenvalue weighted by molar-refractivity contribution is 5.81. The molecule has 1 N–H and O–H groups in total. The molecule has 0 radical (unpaired) electrons. The highest BCUT2D eigenvalue weighted by Gasteiger charge is 2.43. The first-order valence-corrected chi connectivity index (χ1v) is 7.71. The zero-order valence-electron chi connectivity index (χ0n) is 13.1. The van der Waals surface area contributed by atoms with E-state index in [-0.39, 0.29) is 12.1 Å². The molecule has 0 heterocycles. The molecule has 0 aromatic heterocycles. The van der Waals surface area contributed by atoms with Gasteiger partial charge in [0.25, 0.3) is 0 Å². The van der Waals surface area contributed by atoms with Gasteiger partial charge in [-0.15, -0.1) is 0 Å². The van der Waals surface area contributed by atoms with Crippen molar-refractivity contribution in [1.82, 2.24) is 5.32 Å². The molecular formula is C15H29NO4. The van der Waals surface area contributed by atoms with Crippen molar-refractivity contribution in [2.45, 2.75) is 57.6 Å². The van der Waals surface area contributed by atoms with Gasteiger partial charge in [0, 0.05) is 13.0 Å². The molecule has 0 saturated heterocycles. The molecule has 5 nitrogen and oxygen atoms in total. The summed E-state index contributed by atoms with van der Waals surface area (Å²) in [6.45, 7) is 6.83. The average Bonchev–Trinajstić information content (AvgIpc) is 2.47. The first-order valence-electron chi connectivity index (χ1n) is 7.71. The predicted molar refractivity (Wildman–Crippen MR) is 77.7 cm³/mol. The van der Waals surface area contributed by atoms with Crippen molar-refractivity contribution in [3.05, 3.63) is 0 Å². The number of carbonyl (C=O) groups is 1. The number of ether oxygens (including phenoxy) is 3. The number of nitrogens with one attached hydrogen (secondary N) is 1. The number of rotatable bonds is 9. The normalized spacial score (nSPS) is 26.4. The maximum absolute atomic E-state index is 12.1. The molecule has 2 unspecified atom stereocenters. The fourth-order valence-electron chi connectivity index (χ4n) is 2.84. The Bertz CT molecular complexity index is 281. The van der Waals surface area contributed by atoms with E-state index in [1.807, 2.05) is 6.92 Å². The van der Waals surface area contributed by atoms with Crippen LogP contribution in [0, 0.1) is 0 Å². The fourth-order valence-corrected chi connectivity index (χ4v) is 2.84. The molecule has 1 fully saturated rings. The molecule has 1 aliphatic carbocycles. The van der Waals surface area contributed by atoms with E-state index in [9.17, 15) is 4.79 Å². The first kappa shape index (κ1) is 17.4. The van der Waals surface area contributed by atoms with Crippen molar-refractivity contribution in [2.75, 3.05) is 33.5 Å². The van der Waals surface area contributed by atoms with Gasteiger partial charge in [-0.25, -0.2) is 0 Å². The molecule has 1 aliphatic rings. The minimum absolute atomic E-state index is 0.104. The van der Waals surface area contributed by atoms with Crippen molar-refractivity contribution in [2.24, 2.45) is 0 Å². The molecule has 2 atom stereocenters. The summed E-state index contributed by atoms with van der Waals surface area (Å²) < 4.78 is 16.2. The van der Waals surface area contributed by atoms with E-state index in [0.717, 1.165) is 38.8 Å². The van der Waals surface area contributed by atoms with E-state index < -0.39 is 5.54 Å². The third kappa shape index (κ3) is 5.04. The highest BCUT2D eigenvalue weighted by Crippen LogP contribution is 2.31. The van der Waals surface area contributed by atoms with E-state index in [2.05, 4.69) is 12.2 Å². The standard InChI is InChI=1S/C15H29NO4/c1-4-9-19-10-11-20-13-7-6-8-15(12-13,16-5-2)14(17)18-3/h13,16H,4-12H2,1-3H3. The Morgan fingerprint density at radius 2 is 2.10 bits per heavy atom. The van der Waals surface area contributed by atoms with Gasteiger partial charge in [0.15, 0.2) is 0 Å². The SMILES string of the molecule is CCCOCCOC1CCCC(NCC)(C(=O)OC)C1. The van der Waals surface area contributed by atoms with Crippen LogP contribution < -0.4 is 5.32 Å². The summed E-state index contributed by atoms with van der Waals surface area (Å²) in [4.78, 5) is 12.1. The Kier molecular flexibility index (Phi) is 8.11. The number of hydrogen-bond donors (Lipinski definition) is 1. The van der Waals surface area contributed by atoms with Gasteiger partial charge in [-0.05, 0) is 32.2 Å². The summed E-state index contributed by atoms with van der Waals surface area (Å²) in [7, 11) is 1.45. The Morgan fingerprint density at radius 3 is 2.75 bits per heavy atom. The summed E-state index contributed by atoms with van der Waals surface area (Å²) in [5.41, 5.74) is -0.573. The minimum Gasteiger partial charge on any atom is -0.468 e. The number of esters is 1. The molecule has 0 spiro atoms. The van der Waals surface area contributed by atoms with Crippen molar-refractivity contribution in [1.29, 1.82) is 0 Å². The summed E-state index contributed by atoms with van der Waals surface area (Å²) >= 11 is 0. The first-order chi connectivity index (χ1) is 9.68. The average molecular weight is 287 g/mol. The number of methoxy groups -OCH3 is 1. The van der Waals surface area contributed by atoms with Crippen LogP contribution in [0.2, 0.25) is 0 Å². The smallest absolute Gasteiger partial charge is 0.326 e. The molecule has 1 saturated carbocycles. The zero-order chi connectivity index (χ0) is 14.8. The van der Waals surface area contributed by atoms with Crippen LogP contribution in [0.5, 0.6) is 0 Å². The molecule has 0 aromatic carbocycles. The maximum Gasteiger partial charge on any atom is 0.326 e. The van der Waals surface area contributed by atoms with E-state index in [0.29, 0.717) is 19.6 Å². The van der Waals surface area contributed by atoms with Gasteiger partial charge in [0.05, 0.1) is 26.4 Å². The van der Waals surface area contributed by atoms with Crippen LogP contribution in [0.1, 0.15) is 46.0 Å². The zero-order valence-corrected chi connectivity index (χ0v) is 13.1. The van der Waals surface area contributed by atoms with Crippen LogP contribution in [0.15, 0.2) is 0 Å². The third-order valence-corrected chi connectivity index (χ3v) is 3.73. The number of carbonyl (C=O) groups excluding carboxylic acids is 1. The van der Waals surface area contributed by atoms with Crippen LogP contribution in [-0.4, -0.2) is 51.1 Å². The second-order valence-electron chi connectivity index (χ2n) is 5.31. The fraction of sp³-hybridized carbons (Fsp3) is 0.933. The Hall–Kier alpha value is -0.650. The van der Waals surface area contributed by atoms with Crippen LogP contribution in [0.25, 0.3) is 0 Å². The molecule has 0 bridgehead atoms. The Labute approximate surface area is 122 Å². The van der Waals surface area contributed by atoms with E-state index in [1.54, 1.807) is 0 Å². The van der Waals surface area contributed by atoms with Crippen molar-refractivity contribution in [3.8, 4) is 0 Å². The van der Waals surface area contributed by atoms with Crippen LogP contribution in [0.3, 0.4) is 0 Å². The minimum atomic E-state index is -0.573. The molecule has 5 heteroatoms. The van der Waals surface area contributed by atoms with Crippen LogP contribution in [0.4, 0.5) is 0 Å². The summed E-state index contributed by atoms with van der Waals surface area (Å²) in [6.07, 6.45) is 4.60. The molecule has 118 valence electrons. The van der Waals surface area contributed by atoms with Crippen LogP contribution in [-0.2, 0) is 19.0 Å². The van der Waals surface area contributed by atoms with Gasteiger partial charge in [-0.2, -0.15) is 0 Å². The van der Waals surface area contributed by atoms with Gasteiger partial charge in [-0.3, -0.25) is 4.79 Å². The number of hydrogen-bond acceptors (Lipinski definition) is 5. The molecule has 1 rings (SSSR count). The van der Waals surface area contributed by atoms with Crippen molar-refractivity contribution in [3.63, 3.8) is 0 Å². The lowest BCUT2D eigenvalue weighted by Crippen LogP contribution is -2.56. The topological polar surface area (TPSA) is 56.8 Å². The van der Waals surface area contributed by atoms with Crippen molar-refractivity contribution < 1.29 is 19.0 Å². The Morgan fingerprint density at radius 1 is 1.30 bits per heavy atom. The van der Waals surface area contributed by atoms with Crippen LogP contribution >= 0.6 is 0 Å². The molecule has 0 aromatic rings. The highest BCUT2D eigenvalue weighted by atomic mass is 16.5. The summed E-state index contributed by atoms with van der Waals surface area (Å²) in [5, 5.41) is 3.30. The van der Waals surface area contributed by atoms with Gasteiger partial charge in [-0.1, -0.05) is 13.8 Å². The second-order valence-corrected chi connectivity index (χ2v) is 5.31. The van der Waals surface area contributed by atoms with Gasteiger partial charge >= 0.3 is 5.97 Å². The van der Waals surface area contributed by atoms with E-state index in [4.69, 9.17) is 14.2 Å². The summed E-state index contributed by atoms with van der Waals surface area (Å²) in [5.74, 6) is -0.171. The third-order valence-electron chi connectivity index (χ3n) is 3.73. The lowest BCUT2D eigenvalue weighted by Gasteiger charge is -2.39. The Balaban J connectivity index is 2.44. The summed E-state index contributed by atoms with van der Waals surface area (Å²) in [6, 6.07) is 0.